The Morgan fingerprint density at radius 3 is 0.563 bits per heavy atom. The van der Waals surface area contributed by atoms with Crippen LogP contribution in [0, 0.1) is 10.8 Å². The van der Waals surface area contributed by atoms with Gasteiger partial charge in [0.1, 0.15) is 39.6 Å². The molecule has 0 N–H and O–H groups in total. The largest absolute Gasteiger partial charge is 0.461 e. The fourth-order valence-corrected chi connectivity index (χ4v) is 4.85. The second-order valence-electron chi connectivity index (χ2n) is 15.4. The number of ether oxygens (including phenoxy) is 13. The zero-order valence-corrected chi connectivity index (χ0v) is 40.8. The Balaban J connectivity index is 7.53. The van der Waals surface area contributed by atoms with E-state index in [0.29, 0.717) is 0 Å². The van der Waals surface area contributed by atoms with E-state index in [1.165, 1.54) is 36.5 Å². The molecule has 0 fully saturated rings. The lowest BCUT2D eigenvalue weighted by Crippen LogP contribution is -2.47. The first-order chi connectivity index (χ1) is 33.9. The summed E-state index contributed by atoms with van der Waals surface area (Å²) in [4.78, 5) is 79.8. The number of rotatable bonds is 46. The number of esters is 6. The minimum Gasteiger partial charge on any atom is -0.461 e. The van der Waals surface area contributed by atoms with Gasteiger partial charge in [0.2, 0.25) is 0 Å². The molecule has 0 aliphatic carbocycles. The van der Waals surface area contributed by atoms with Gasteiger partial charge in [0.15, 0.2) is 0 Å². The maximum atomic E-state index is 13.3. The topological polar surface area (TPSA) is 222 Å². The average Bonchev–Trinajstić information content (AvgIpc) is 3.36. The summed E-state index contributed by atoms with van der Waals surface area (Å²) in [5.74, 6) is -5.71. The highest BCUT2D eigenvalue weighted by atomic mass is 16.6. The summed E-state index contributed by atoms with van der Waals surface area (Å²) in [6, 6.07) is 0. The number of carbonyl (C=O) groups is 6. The van der Waals surface area contributed by atoms with Crippen molar-refractivity contribution in [1.82, 2.24) is 0 Å². The van der Waals surface area contributed by atoms with Gasteiger partial charge in [-0.15, -0.1) is 39.5 Å². The molecule has 0 aliphatic heterocycles. The zero-order valence-electron chi connectivity index (χ0n) is 40.8. The number of carbonyl (C=O) groups excluding carboxylic acids is 6. The Labute approximate surface area is 417 Å². The van der Waals surface area contributed by atoms with E-state index in [1.807, 2.05) is 0 Å². The van der Waals surface area contributed by atoms with Gasteiger partial charge in [0, 0.05) is 0 Å². The van der Waals surface area contributed by atoms with Gasteiger partial charge >= 0.3 is 35.8 Å². The maximum absolute atomic E-state index is 13.3. The van der Waals surface area contributed by atoms with Crippen LogP contribution in [0.15, 0.2) is 149 Å². The lowest BCUT2D eigenvalue weighted by Gasteiger charge is -2.36. The van der Waals surface area contributed by atoms with Crippen LogP contribution in [0.1, 0.15) is 0 Å². The van der Waals surface area contributed by atoms with Crippen LogP contribution < -0.4 is 0 Å². The first-order valence-electron chi connectivity index (χ1n) is 21.7. The van der Waals surface area contributed by atoms with Crippen LogP contribution in [0.2, 0.25) is 0 Å². The molecule has 0 aromatic heterocycles. The van der Waals surface area contributed by atoms with E-state index in [4.69, 9.17) is 61.6 Å². The molecular formula is C52H70O19. The standard InChI is InChI=1S/C52H70O19/c1-13-19-59-25-39(7)45(53)66-33-51(34-67-46(54)40(8)26-60-20-14-2,35-68-47(55)41(9)27-61-21-15-3)31-65-32-52(36-69-48(56)42(10)28-62-22-16-4,37-70-49(57)43(11)29-63-23-17-5)38-71-50(58)44(12)30-64-24-18-6/h13-18H,1-12,19-38H2. The predicted molar refractivity (Wildman–Crippen MR) is 262 cm³/mol. The van der Waals surface area contributed by atoms with E-state index in [0.717, 1.165) is 0 Å². The highest BCUT2D eigenvalue weighted by molar-refractivity contribution is 5.90. The van der Waals surface area contributed by atoms with Crippen molar-refractivity contribution in [3.63, 3.8) is 0 Å². The minimum absolute atomic E-state index is 0.0874. The van der Waals surface area contributed by atoms with E-state index < -0.39 is 99.5 Å². The van der Waals surface area contributed by atoms with Crippen LogP contribution in [0.5, 0.6) is 0 Å². The van der Waals surface area contributed by atoms with Crippen molar-refractivity contribution in [2.45, 2.75) is 0 Å². The molecule has 0 heterocycles. The smallest absolute Gasteiger partial charge is 0.335 e. The Morgan fingerprint density at radius 2 is 0.423 bits per heavy atom. The lowest BCUT2D eigenvalue weighted by atomic mass is 9.90. The van der Waals surface area contributed by atoms with Gasteiger partial charge in [0.25, 0.3) is 0 Å². The summed E-state index contributed by atoms with van der Waals surface area (Å²) in [5, 5.41) is 0. The molecule has 0 atom stereocenters. The quantitative estimate of drug-likeness (QED) is 0.0263. The molecule has 0 aromatic rings. The molecule has 0 bridgehead atoms. The fourth-order valence-electron chi connectivity index (χ4n) is 4.85. The Kier molecular flexibility index (Phi) is 34.7. The van der Waals surface area contributed by atoms with Crippen molar-refractivity contribution in [2.75, 3.05) is 132 Å². The molecule has 0 rings (SSSR count). The summed E-state index contributed by atoms with van der Waals surface area (Å²) in [6.45, 7) is 37.3. The molecule has 0 aromatic carbocycles. The summed E-state index contributed by atoms with van der Waals surface area (Å²) in [6.07, 6.45) is 8.74. The van der Waals surface area contributed by atoms with Crippen molar-refractivity contribution in [1.29, 1.82) is 0 Å². The van der Waals surface area contributed by atoms with E-state index in [2.05, 4.69) is 78.9 Å². The van der Waals surface area contributed by atoms with E-state index in [-0.39, 0.29) is 113 Å². The third kappa shape index (κ3) is 28.6. The Bertz CT molecular complexity index is 1570. The molecule has 0 unspecified atom stereocenters. The molecule has 0 radical (unpaired) electrons. The van der Waals surface area contributed by atoms with Gasteiger partial charge in [0.05, 0.1) is 137 Å². The second kappa shape index (κ2) is 38.2. The summed E-state index contributed by atoms with van der Waals surface area (Å²) < 4.78 is 72.2. The SMILES string of the molecule is C=CCOCC(=C)C(=O)OCC(COCC(COC(=O)C(=C)COCC=C)(COC(=O)C(=C)COCC=C)COC(=O)C(=C)COCC=C)(COC(=O)C(=C)COCC=C)COC(=O)C(=C)COCC=C. The molecule has 0 saturated carbocycles. The van der Waals surface area contributed by atoms with Crippen molar-refractivity contribution >= 4 is 35.8 Å². The number of hydrogen-bond donors (Lipinski definition) is 0. The average molecular weight is 999 g/mol. The van der Waals surface area contributed by atoms with Crippen molar-refractivity contribution in [3.05, 3.63) is 149 Å². The van der Waals surface area contributed by atoms with Crippen LogP contribution in [0.4, 0.5) is 0 Å². The van der Waals surface area contributed by atoms with Gasteiger partial charge in [-0.25, -0.2) is 28.8 Å². The molecule has 0 spiro atoms. The minimum atomic E-state index is -1.80. The summed E-state index contributed by atoms with van der Waals surface area (Å²) >= 11 is 0. The maximum Gasteiger partial charge on any atom is 0.335 e. The Morgan fingerprint density at radius 1 is 0.268 bits per heavy atom. The van der Waals surface area contributed by atoms with Gasteiger partial charge < -0.3 is 61.6 Å². The van der Waals surface area contributed by atoms with Crippen LogP contribution >= 0.6 is 0 Å². The van der Waals surface area contributed by atoms with Gasteiger partial charge in [-0.3, -0.25) is 0 Å². The molecular weight excluding hydrogens is 929 g/mol. The molecule has 0 saturated heterocycles. The third-order valence-electron chi connectivity index (χ3n) is 8.68. The van der Waals surface area contributed by atoms with Gasteiger partial charge in [-0.2, -0.15) is 0 Å². The first-order valence-corrected chi connectivity index (χ1v) is 21.7. The van der Waals surface area contributed by atoms with Crippen molar-refractivity contribution in [2.24, 2.45) is 10.8 Å². The van der Waals surface area contributed by atoms with Crippen LogP contribution in [0.3, 0.4) is 0 Å². The highest BCUT2D eigenvalue weighted by Crippen LogP contribution is 2.27. The molecule has 19 heteroatoms. The normalized spacial score (nSPS) is 10.8. The van der Waals surface area contributed by atoms with E-state index >= 15 is 0 Å². The van der Waals surface area contributed by atoms with Crippen LogP contribution in [0.25, 0.3) is 0 Å². The molecule has 0 amide bonds. The Hall–Kier alpha value is -6.58. The number of hydrogen-bond acceptors (Lipinski definition) is 19. The van der Waals surface area contributed by atoms with Gasteiger partial charge in [-0.05, 0) is 0 Å². The predicted octanol–water partition coefficient (Wildman–Crippen LogP) is 4.79. The van der Waals surface area contributed by atoms with Crippen LogP contribution in [-0.2, 0) is 90.3 Å². The van der Waals surface area contributed by atoms with Gasteiger partial charge in [-0.1, -0.05) is 75.9 Å². The van der Waals surface area contributed by atoms with Crippen LogP contribution in [-0.4, -0.2) is 168 Å². The lowest BCUT2D eigenvalue weighted by molar-refractivity contribution is -0.171. The van der Waals surface area contributed by atoms with E-state index in [1.54, 1.807) is 0 Å². The summed E-state index contributed by atoms with van der Waals surface area (Å²) in [7, 11) is 0. The molecule has 19 nitrogen and oxygen atoms in total. The first kappa shape index (κ1) is 64.4. The molecule has 0 aliphatic rings. The molecule has 71 heavy (non-hydrogen) atoms. The second-order valence-corrected chi connectivity index (χ2v) is 15.4. The molecule has 392 valence electrons. The van der Waals surface area contributed by atoms with Crippen molar-refractivity contribution < 1.29 is 90.3 Å². The van der Waals surface area contributed by atoms with E-state index in [9.17, 15) is 28.8 Å². The van der Waals surface area contributed by atoms with Crippen molar-refractivity contribution in [3.8, 4) is 0 Å². The fraction of sp³-hybridized carbons (Fsp3) is 0.423. The third-order valence-corrected chi connectivity index (χ3v) is 8.68. The summed E-state index contributed by atoms with van der Waals surface area (Å²) in [5.41, 5.74) is -4.32. The highest BCUT2D eigenvalue weighted by Gasteiger charge is 2.41. The monoisotopic (exact) mass is 998 g/mol. The zero-order chi connectivity index (χ0) is 53.5.